The van der Waals surface area contributed by atoms with Crippen molar-refractivity contribution in [3.63, 3.8) is 0 Å². The van der Waals surface area contributed by atoms with E-state index in [0.29, 0.717) is 0 Å². The molecule has 0 bridgehead atoms. The van der Waals surface area contributed by atoms with Crippen molar-refractivity contribution in [1.29, 1.82) is 0 Å². The molecule has 0 saturated heterocycles. The maximum atomic E-state index is 5.49. The summed E-state index contributed by atoms with van der Waals surface area (Å²) >= 11 is 0. The highest BCUT2D eigenvalue weighted by Crippen LogP contribution is 1.91. The Balaban J connectivity index is 0. The third kappa shape index (κ3) is 12.6. The summed E-state index contributed by atoms with van der Waals surface area (Å²) < 4.78 is 5.09. The highest BCUT2D eigenvalue weighted by molar-refractivity contribution is 4.92. The topological polar surface area (TPSA) is 35.2 Å². The van der Waals surface area contributed by atoms with Crippen molar-refractivity contribution in [2.75, 3.05) is 13.2 Å². The van der Waals surface area contributed by atoms with Crippen LogP contribution in [-0.4, -0.2) is 13.2 Å². The molecule has 0 amide bonds. The van der Waals surface area contributed by atoms with Gasteiger partial charge in [-0.15, -0.1) is 0 Å². The molecule has 0 aromatic rings. The van der Waals surface area contributed by atoms with E-state index in [9.17, 15) is 0 Å². The molecule has 11 heavy (non-hydrogen) atoms. The van der Waals surface area contributed by atoms with E-state index in [1.54, 1.807) is 0 Å². The van der Waals surface area contributed by atoms with Gasteiger partial charge in [-0.25, -0.2) is 0 Å². The molecule has 0 heterocycles. The fraction of sp³-hybridized carbons (Fsp3) is 0.778. The van der Waals surface area contributed by atoms with Crippen LogP contribution in [-0.2, 0) is 4.74 Å². The molecule has 0 radical (unpaired) electrons. The summed E-state index contributed by atoms with van der Waals surface area (Å²) in [5.74, 6) is 0. The molecule has 0 aromatic carbocycles. The lowest BCUT2D eigenvalue weighted by atomic mass is 10.3. The second kappa shape index (κ2) is 12.2. The molecule has 0 spiro atoms. The summed E-state index contributed by atoms with van der Waals surface area (Å²) in [5, 5.41) is 0. The van der Waals surface area contributed by atoms with Gasteiger partial charge in [0.25, 0.3) is 0 Å². The molecule has 68 valence electrons. The minimum atomic E-state index is 0.743. The molecule has 2 nitrogen and oxygen atoms in total. The Morgan fingerprint density at radius 3 is 2.36 bits per heavy atom. The number of nitrogens with two attached hydrogens (primary N) is 1. The van der Waals surface area contributed by atoms with Gasteiger partial charge >= 0.3 is 0 Å². The third-order valence-corrected chi connectivity index (χ3v) is 1.11. The van der Waals surface area contributed by atoms with E-state index < -0.39 is 0 Å². The van der Waals surface area contributed by atoms with Crippen LogP contribution in [0.15, 0.2) is 11.8 Å². The first-order chi connectivity index (χ1) is 5.31. The molecule has 2 N–H and O–H groups in total. The molecule has 0 atom stereocenters. The maximum Gasteiger partial charge on any atom is 0.0520 e. The van der Waals surface area contributed by atoms with Gasteiger partial charge in [0.05, 0.1) is 6.61 Å². The zero-order chi connectivity index (χ0) is 9.11. The van der Waals surface area contributed by atoms with Crippen LogP contribution < -0.4 is 5.73 Å². The molecular formula is C9H21NO. The van der Waals surface area contributed by atoms with Crippen molar-refractivity contribution < 1.29 is 4.74 Å². The number of hydrogen-bond acceptors (Lipinski definition) is 2. The first-order valence-electron chi connectivity index (χ1n) is 4.29. The first-order valence-corrected chi connectivity index (χ1v) is 4.29. The molecular weight excluding hydrogens is 138 g/mol. The minimum absolute atomic E-state index is 0.743. The molecule has 0 aliphatic rings. The fourth-order valence-corrected chi connectivity index (χ4v) is 0.479. The monoisotopic (exact) mass is 159 g/mol. The Morgan fingerprint density at radius 2 is 2.00 bits per heavy atom. The molecule has 0 aliphatic carbocycles. The second-order valence-corrected chi connectivity index (χ2v) is 1.81. The smallest absolute Gasteiger partial charge is 0.0520 e. The number of allylic oxidation sites excluding steroid dienone is 1. The Morgan fingerprint density at radius 1 is 1.45 bits per heavy atom. The van der Waals surface area contributed by atoms with E-state index >= 15 is 0 Å². The predicted octanol–water partition coefficient (Wildman–Crippen LogP) is 2.30. The van der Waals surface area contributed by atoms with Crippen LogP contribution in [0.5, 0.6) is 0 Å². The van der Waals surface area contributed by atoms with Crippen molar-refractivity contribution >= 4 is 0 Å². The summed E-state index contributed by atoms with van der Waals surface area (Å²) in [6.07, 6.45) is 2.75. The van der Waals surface area contributed by atoms with Gasteiger partial charge in [0.15, 0.2) is 0 Å². The SMILES string of the molecule is C/C=C(\N)CCOCC.CC. The van der Waals surface area contributed by atoms with Gasteiger partial charge in [0.2, 0.25) is 0 Å². The number of hydrogen-bond donors (Lipinski definition) is 1. The van der Waals surface area contributed by atoms with Crippen LogP contribution >= 0.6 is 0 Å². The quantitative estimate of drug-likeness (QED) is 0.639. The largest absolute Gasteiger partial charge is 0.402 e. The van der Waals surface area contributed by atoms with Crippen LogP contribution in [0.3, 0.4) is 0 Å². The Hall–Kier alpha value is -0.500. The van der Waals surface area contributed by atoms with Crippen molar-refractivity contribution in [2.45, 2.75) is 34.1 Å². The Labute approximate surface area is 70.4 Å². The molecule has 0 aliphatic heterocycles. The molecule has 0 aromatic heterocycles. The lowest BCUT2D eigenvalue weighted by Gasteiger charge is -1.99. The van der Waals surface area contributed by atoms with Gasteiger partial charge in [0.1, 0.15) is 0 Å². The fourth-order valence-electron chi connectivity index (χ4n) is 0.479. The summed E-state index contributed by atoms with van der Waals surface area (Å²) in [6.45, 7) is 9.43. The predicted molar refractivity (Wildman–Crippen MR) is 50.4 cm³/mol. The Bertz CT molecular complexity index is 89.6. The highest BCUT2D eigenvalue weighted by atomic mass is 16.5. The van der Waals surface area contributed by atoms with Crippen LogP contribution in [0.4, 0.5) is 0 Å². The van der Waals surface area contributed by atoms with E-state index in [1.165, 1.54) is 0 Å². The van der Waals surface area contributed by atoms with Crippen molar-refractivity contribution in [3.05, 3.63) is 11.8 Å². The second-order valence-electron chi connectivity index (χ2n) is 1.81. The average molecular weight is 159 g/mol. The maximum absolute atomic E-state index is 5.49. The first kappa shape index (κ1) is 13.1. The lowest BCUT2D eigenvalue weighted by molar-refractivity contribution is 0.150. The van der Waals surface area contributed by atoms with Gasteiger partial charge in [0, 0.05) is 18.7 Å². The molecule has 0 rings (SSSR count). The highest BCUT2D eigenvalue weighted by Gasteiger charge is 1.86. The van der Waals surface area contributed by atoms with E-state index in [-0.39, 0.29) is 0 Å². The van der Waals surface area contributed by atoms with Gasteiger partial charge < -0.3 is 10.5 Å². The van der Waals surface area contributed by atoms with Gasteiger partial charge in [-0.2, -0.15) is 0 Å². The van der Waals surface area contributed by atoms with E-state index in [1.807, 2.05) is 33.8 Å². The molecule has 0 fully saturated rings. The normalized spacial score (nSPS) is 10.4. The summed E-state index contributed by atoms with van der Waals surface area (Å²) in [4.78, 5) is 0. The third-order valence-electron chi connectivity index (χ3n) is 1.11. The van der Waals surface area contributed by atoms with Crippen LogP contribution in [0, 0.1) is 0 Å². The van der Waals surface area contributed by atoms with Crippen LogP contribution in [0.2, 0.25) is 0 Å². The zero-order valence-corrected chi connectivity index (χ0v) is 8.18. The number of rotatable bonds is 4. The van der Waals surface area contributed by atoms with E-state index in [2.05, 4.69) is 0 Å². The van der Waals surface area contributed by atoms with Crippen molar-refractivity contribution in [3.8, 4) is 0 Å². The van der Waals surface area contributed by atoms with Crippen LogP contribution in [0.1, 0.15) is 34.1 Å². The average Bonchev–Trinajstić information content (AvgIpc) is 2.08. The Kier molecular flexibility index (Phi) is 14.5. The van der Waals surface area contributed by atoms with Gasteiger partial charge in [-0.3, -0.25) is 0 Å². The van der Waals surface area contributed by atoms with Crippen molar-refractivity contribution in [1.82, 2.24) is 0 Å². The molecule has 2 heteroatoms. The zero-order valence-electron chi connectivity index (χ0n) is 8.18. The standard InChI is InChI=1S/C7H15NO.C2H6/c1-3-7(8)5-6-9-4-2;1-2/h3H,4-6,8H2,1-2H3;1-2H3/b7-3-;. The van der Waals surface area contributed by atoms with E-state index in [0.717, 1.165) is 25.3 Å². The van der Waals surface area contributed by atoms with Gasteiger partial charge in [-0.05, 0) is 13.8 Å². The summed E-state index contributed by atoms with van der Waals surface area (Å²) in [5.41, 5.74) is 6.40. The van der Waals surface area contributed by atoms with Crippen LogP contribution in [0.25, 0.3) is 0 Å². The lowest BCUT2D eigenvalue weighted by Crippen LogP contribution is -2.01. The van der Waals surface area contributed by atoms with E-state index in [4.69, 9.17) is 10.5 Å². The summed E-state index contributed by atoms with van der Waals surface area (Å²) in [6, 6.07) is 0. The number of ether oxygens (including phenoxy) is 1. The van der Waals surface area contributed by atoms with Gasteiger partial charge in [-0.1, -0.05) is 19.9 Å². The summed E-state index contributed by atoms with van der Waals surface area (Å²) in [7, 11) is 0. The minimum Gasteiger partial charge on any atom is -0.402 e. The molecule has 0 saturated carbocycles. The molecule has 0 unspecified atom stereocenters. The van der Waals surface area contributed by atoms with Crippen molar-refractivity contribution in [2.24, 2.45) is 5.73 Å².